The van der Waals surface area contributed by atoms with Gasteiger partial charge in [-0.15, -0.1) is 0 Å². The van der Waals surface area contributed by atoms with Gasteiger partial charge in [0.2, 0.25) is 0 Å². The van der Waals surface area contributed by atoms with Crippen LogP contribution < -0.4 is 0 Å². The summed E-state index contributed by atoms with van der Waals surface area (Å²) in [4.78, 5) is 36.0. The van der Waals surface area contributed by atoms with Crippen molar-refractivity contribution in [1.29, 1.82) is 0 Å². The maximum atomic E-state index is 12.7. The van der Waals surface area contributed by atoms with Gasteiger partial charge in [0.05, 0.1) is 41.4 Å². The zero-order valence-corrected chi connectivity index (χ0v) is 15.4. The molecule has 0 bridgehead atoms. The van der Waals surface area contributed by atoms with Crippen LogP contribution >= 0.6 is 0 Å². The molecule has 0 unspecified atom stereocenters. The first kappa shape index (κ1) is 17.3. The number of amides is 1. The lowest BCUT2D eigenvalue weighted by Crippen LogP contribution is -2.38. The number of hydrogen-bond donors (Lipinski definition) is 0. The predicted molar refractivity (Wildman–Crippen MR) is 98.9 cm³/mol. The zero-order valence-electron chi connectivity index (χ0n) is 15.4. The van der Waals surface area contributed by atoms with E-state index < -0.39 is 0 Å². The minimum atomic E-state index is 0.00118. The number of carbonyl (C=O) groups is 1. The van der Waals surface area contributed by atoms with Gasteiger partial charge in [-0.2, -0.15) is 0 Å². The lowest BCUT2D eigenvalue weighted by atomic mass is 9.93. The third-order valence-corrected chi connectivity index (χ3v) is 5.07. The topological polar surface area (TPSA) is 89.7 Å². The molecule has 27 heavy (non-hydrogen) atoms. The number of likely N-dealkylation sites (tertiary alicyclic amines) is 1. The third kappa shape index (κ3) is 3.42. The summed E-state index contributed by atoms with van der Waals surface area (Å²) in [6, 6.07) is 0. The first-order chi connectivity index (χ1) is 13.1. The fourth-order valence-electron chi connectivity index (χ4n) is 3.45. The second-order valence-electron chi connectivity index (χ2n) is 6.81. The molecule has 3 aromatic rings. The standard InChI is InChI=1S/C19H21N7O/c1-13-15(7-21-11-23-13)19(27)26-5-3-14(4-6-26)16-8-20-9-17(24-16)18-10-22-12-25(18)2/h7-12,14H,3-6H2,1-2H3. The van der Waals surface area contributed by atoms with Crippen molar-refractivity contribution in [3.63, 3.8) is 0 Å². The van der Waals surface area contributed by atoms with E-state index in [9.17, 15) is 4.79 Å². The van der Waals surface area contributed by atoms with E-state index in [1.807, 2.05) is 29.6 Å². The third-order valence-electron chi connectivity index (χ3n) is 5.07. The van der Waals surface area contributed by atoms with Gasteiger partial charge in [-0.25, -0.2) is 19.9 Å². The molecule has 0 saturated carbocycles. The minimum Gasteiger partial charge on any atom is -0.338 e. The summed E-state index contributed by atoms with van der Waals surface area (Å²) in [6.45, 7) is 3.21. The number of hydrogen-bond acceptors (Lipinski definition) is 6. The highest BCUT2D eigenvalue weighted by atomic mass is 16.2. The highest BCUT2D eigenvalue weighted by Gasteiger charge is 2.26. The van der Waals surface area contributed by atoms with Crippen molar-refractivity contribution < 1.29 is 4.79 Å². The monoisotopic (exact) mass is 363 g/mol. The van der Waals surface area contributed by atoms with Gasteiger partial charge in [0.1, 0.15) is 12.0 Å². The van der Waals surface area contributed by atoms with Gasteiger partial charge < -0.3 is 9.47 Å². The maximum absolute atomic E-state index is 12.7. The van der Waals surface area contributed by atoms with Crippen LogP contribution in [0.25, 0.3) is 11.4 Å². The van der Waals surface area contributed by atoms with Gasteiger partial charge in [0.15, 0.2) is 0 Å². The van der Waals surface area contributed by atoms with Crippen LogP contribution in [0.5, 0.6) is 0 Å². The Morgan fingerprint density at radius 2 is 1.89 bits per heavy atom. The van der Waals surface area contributed by atoms with Crippen molar-refractivity contribution in [3.05, 3.63) is 54.4 Å². The molecule has 0 N–H and O–H groups in total. The quantitative estimate of drug-likeness (QED) is 0.707. The number of imidazole rings is 1. The molecular weight excluding hydrogens is 342 g/mol. The van der Waals surface area contributed by atoms with Crippen LogP contribution in [0.2, 0.25) is 0 Å². The van der Waals surface area contributed by atoms with Crippen molar-refractivity contribution in [2.45, 2.75) is 25.7 Å². The summed E-state index contributed by atoms with van der Waals surface area (Å²) < 4.78 is 1.93. The van der Waals surface area contributed by atoms with Gasteiger partial charge in [-0.3, -0.25) is 9.78 Å². The van der Waals surface area contributed by atoms with Crippen LogP contribution in [0.1, 0.15) is 40.5 Å². The lowest BCUT2D eigenvalue weighted by Gasteiger charge is -2.31. The summed E-state index contributed by atoms with van der Waals surface area (Å²) in [5.41, 5.74) is 4.03. The minimum absolute atomic E-state index is 0.00118. The van der Waals surface area contributed by atoms with Gasteiger partial charge in [0.25, 0.3) is 5.91 Å². The Balaban J connectivity index is 1.46. The molecule has 138 valence electrons. The van der Waals surface area contributed by atoms with Crippen LogP contribution in [-0.2, 0) is 7.05 Å². The maximum Gasteiger partial charge on any atom is 0.257 e. The molecule has 0 radical (unpaired) electrons. The van der Waals surface area contributed by atoms with Crippen molar-refractivity contribution in [2.75, 3.05) is 13.1 Å². The number of rotatable bonds is 3. The molecule has 1 aliphatic rings. The number of aryl methyl sites for hydroxylation is 2. The first-order valence-corrected chi connectivity index (χ1v) is 8.98. The average Bonchev–Trinajstić information content (AvgIpc) is 3.14. The normalized spacial score (nSPS) is 15.1. The Bertz CT molecular complexity index is 960. The van der Waals surface area contributed by atoms with Gasteiger partial charge in [-0.1, -0.05) is 0 Å². The van der Waals surface area contributed by atoms with Crippen molar-refractivity contribution in [2.24, 2.45) is 7.05 Å². The Hall–Kier alpha value is -3.16. The van der Waals surface area contributed by atoms with Crippen molar-refractivity contribution >= 4 is 5.91 Å². The fourth-order valence-corrected chi connectivity index (χ4v) is 3.45. The lowest BCUT2D eigenvalue weighted by molar-refractivity contribution is 0.0710. The number of carbonyl (C=O) groups excluding carboxylic acids is 1. The van der Waals surface area contributed by atoms with E-state index in [0.29, 0.717) is 30.3 Å². The summed E-state index contributed by atoms with van der Waals surface area (Å²) in [6.07, 6.45) is 11.9. The second kappa shape index (κ2) is 7.22. The second-order valence-corrected chi connectivity index (χ2v) is 6.81. The number of aromatic nitrogens is 6. The molecule has 0 spiro atoms. The van der Waals surface area contributed by atoms with E-state index >= 15 is 0 Å². The summed E-state index contributed by atoms with van der Waals surface area (Å²) >= 11 is 0. The van der Waals surface area contributed by atoms with E-state index in [-0.39, 0.29) is 5.91 Å². The fraction of sp³-hybridized carbons (Fsp3) is 0.368. The predicted octanol–water partition coefficient (Wildman–Crippen LogP) is 2.00. The Labute approximate surface area is 157 Å². The Morgan fingerprint density at radius 1 is 1.07 bits per heavy atom. The number of piperidine rings is 1. The van der Waals surface area contributed by atoms with Crippen molar-refractivity contribution in [1.82, 2.24) is 34.4 Å². The van der Waals surface area contributed by atoms with Crippen LogP contribution in [0.15, 0.2) is 37.4 Å². The first-order valence-electron chi connectivity index (χ1n) is 8.98. The van der Waals surface area contributed by atoms with E-state index in [1.54, 1.807) is 24.9 Å². The Kier molecular flexibility index (Phi) is 4.62. The van der Waals surface area contributed by atoms with Gasteiger partial charge in [0, 0.05) is 38.4 Å². The molecule has 1 amide bonds. The van der Waals surface area contributed by atoms with Gasteiger partial charge >= 0.3 is 0 Å². The molecule has 1 aliphatic heterocycles. The van der Waals surface area contributed by atoms with Crippen molar-refractivity contribution in [3.8, 4) is 11.4 Å². The van der Waals surface area contributed by atoms with Crippen LogP contribution in [0, 0.1) is 6.92 Å². The molecule has 0 aromatic carbocycles. The molecule has 1 saturated heterocycles. The highest BCUT2D eigenvalue weighted by Crippen LogP contribution is 2.28. The van der Waals surface area contributed by atoms with E-state index in [2.05, 4.69) is 19.9 Å². The van der Waals surface area contributed by atoms with E-state index in [1.165, 1.54) is 6.33 Å². The number of nitrogens with zero attached hydrogens (tertiary/aromatic N) is 7. The molecule has 4 heterocycles. The summed E-state index contributed by atoms with van der Waals surface area (Å²) in [5.74, 6) is 0.295. The zero-order chi connectivity index (χ0) is 18.8. The molecule has 3 aromatic heterocycles. The molecule has 0 atom stereocenters. The molecule has 4 rings (SSSR count). The van der Waals surface area contributed by atoms with Crippen LogP contribution in [0.3, 0.4) is 0 Å². The van der Waals surface area contributed by atoms with Crippen LogP contribution in [0.4, 0.5) is 0 Å². The summed E-state index contributed by atoms with van der Waals surface area (Å²) in [5, 5.41) is 0. The highest BCUT2D eigenvalue weighted by molar-refractivity contribution is 5.94. The molecule has 1 fully saturated rings. The van der Waals surface area contributed by atoms with Gasteiger partial charge in [-0.05, 0) is 19.8 Å². The largest absolute Gasteiger partial charge is 0.338 e. The van der Waals surface area contributed by atoms with E-state index in [0.717, 1.165) is 29.9 Å². The SMILES string of the molecule is Cc1ncncc1C(=O)N1CCC(c2cncc(-c3cncn3C)n2)CC1. The van der Waals surface area contributed by atoms with E-state index in [4.69, 9.17) is 4.98 Å². The average molecular weight is 363 g/mol. The molecule has 8 nitrogen and oxygen atoms in total. The smallest absolute Gasteiger partial charge is 0.257 e. The molecule has 0 aliphatic carbocycles. The molecule has 8 heteroatoms. The Morgan fingerprint density at radius 3 is 2.59 bits per heavy atom. The van der Waals surface area contributed by atoms with Crippen LogP contribution in [-0.4, -0.2) is 53.4 Å². The summed E-state index contributed by atoms with van der Waals surface area (Å²) in [7, 11) is 1.94. The molecular formula is C19H21N7O.